The highest BCUT2D eigenvalue weighted by Crippen LogP contribution is 2.17. The van der Waals surface area contributed by atoms with E-state index in [4.69, 9.17) is 4.74 Å². The van der Waals surface area contributed by atoms with Gasteiger partial charge in [-0.05, 0) is 37.7 Å². The van der Waals surface area contributed by atoms with Crippen molar-refractivity contribution in [3.63, 3.8) is 0 Å². The first kappa shape index (κ1) is 14.0. The Kier molecular flexibility index (Phi) is 5.44. The highest BCUT2D eigenvalue weighted by molar-refractivity contribution is 7.91. The Hall–Kier alpha value is -1.07. The van der Waals surface area contributed by atoms with Crippen molar-refractivity contribution < 1.29 is 13.2 Å². The molecule has 0 bridgehead atoms. The van der Waals surface area contributed by atoms with Crippen molar-refractivity contribution in [2.24, 2.45) is 0 Å². The summed E-state index contributed by atoms with van der Waals surface area (Å²) >= 11 is 0. The molecule has 0 aromatic heterocycles. The van der Waals surface area contributed by atoms with E-state index >= 15 is 0 Å². The minimum Gasteiger partial charge on any atom is -0.492 e. The number of hydrogen-bond donors (Lipinski definition) is 1. The van der Waals surface area contributed by atoms with E-state index in [-0.39, 0.29) is 5.75 Å². The molecule has 0 aliphatic rings. The molecule has 0 amide bonds. The van der Waals surface area contributed by atoms with Gasteiger partial charge < -0.3 is 10.1 Å². The lowest BCUT2D eigenvalue weighted by atomic mass is 10.3. The van der Waals surface area contributed by atoms with E-state index in [1.807, 2.05) is 14.0 Å². The maximum absolute atomic E-state index is 11.8. The molecule has 0 heterocycles. The lowest BCUT2D eigenvalue weighted by Crippen LogP contribution is -2.15. The molecule has 0 spiro atoms. The summed E-state index contributed by atoms with van der Waals surface area (Å²) in [5, 5.41) is 2.97. The van der Waals surface area contributed by atoms with Gasteiger partial charge in [0, 0.05) is 6.54 Å². The molecule has 0 fully saturated rings. The molecule has 1 N–H and O–H groups in total. The molecule has 5 heteroatoms. The van der Waals surface area contributed by atoms with Crippen LogP contribution >= 0.6 is 0 Å². The molecule has 96 valence electrons. The van der Waals surface area contributed by atoms with Crippen LogP contribution in [0.1, 0.15) is 13.3 Å². The van der Waals surface area contributed by atoms with E-state index in [0.717, 1.165) is 6.54 Å². The first-order valence-electron chi connectivity index (χ1n) is 5.70. The topological polar surface area (TPSA) is 55.4 Å². The molecule has 4 nitrogen and oxygen atoms in total. The van der Waals surface area contributed by atoms with Crippen molar-refractivity contribution >= 4 is 9.84 Å². The summed E-state index contributed by atoms with van der Waals surface area (Å²) in [7, 11) is -1.27. The number of likely N-dealkylation sites (N-methyl/N-ethyl adjacent to an activating group) is 1. The minimum absolute atomic E-state index is 0.187. The van der Waals surface area contributed by atoms with Gasteiger partial charge in [-0.2, -0.15) is 0 Å². The summed E-state index contributed by atoms with van der Waals surface area (Å²) in [6.45, 7) is 3.18. The summed E-state index contributed by atoms with van der Waals surface area (Å²) < 4.78 is 28.9. The monoisotopic (exact) mass is 257 g/mol. The van der Waals surface area contributed by atoms with Crippen molar-refractivity contribution in [1.29, 1.82) is 0 Å². The second kappa shape index (κ2) is 6.61. The van der Waals surface area contributed by atoms with Crippen LogP contribution in [0.4, 0.5) is 0 Å². The molecular formula is C12H19NO3S. The van der Waals surface area contributed by atoms with Crippen LogP contribution in [0.3, 0.4) is 0 Å². The Morgan fingerprint density at radius 1 is 1.24 bits per heavy atom. The van der Waals surface area contributed by atoms with E-state index < -0.39 is 9.84 Å². The van der Waals surface area contributed by atoms with E-state index in [9.17, 15) is 8.42 Å². The van der Waals surface area contributed by atoms with Crippen molar-refractivity contribution in [3.05, 3.63) is 24.3 Å². The van der Waals surface area contributed by atoms with Crippen LogP contribution in [-0.4, -0.2) is 34.4 Å². The van der Waals surface area contributed by atoms with Crippen LogP contribution < -0.4 is 10.1 Å². The van der Waals surface area contributed by atoms with E-state index in [0.29, 0.717) is 23.7 Å². The molecule has 0 aliphatic carbocycles. The second-order valence-corrected chi connectivity index (χ2v) is 5.85. The van der Waals surface area contributed by atoms with Crippen molar-refractivity contribution in [2.45, 2.75) is 18.2 Å². The molecule has 0 radical (unpaired) electrons. The molecular weight excluding hydrogens is 238 g/mol. The lowest BCUT2D eigenvalue weighted by Gasteiger charge is -2.07. The van der Waals surface area contributed by atoms with Gasteiger partial charge >= 0.3 is 0 Å². The van der Waals surface area contributed by atoms with Gasteiger partial charge in [0.1, 0.15) is 12.4 Å². The lowest BCUT2D eigenvalue weighted by molar-refractivity contribution is 0.318. The van der Waals surface area contributed by atoms with Crippen LogP contribution in [0.5, 0.6) is 5.75 Å². The van der Waals surface area contributed by atoms with Crippen LogP contribution in [0.2, 0.25) is 0 Å². The first-order valence-corrected chi connectivity index (χ1v) is 7.35. The molecule has 0 aliphatic heterocycles. The second-order valence-electron chi connectivity index (χ2n) is 3.74. The van der Waals surface area contributed by atoms with Gasteiger partial charge in [-0.3, -0.25) is 0 Å². The summed E-state index contributed by atoms with van der Waals surface area (Å²) in [5.41, 5.74) is 0. The molecule has 0 saturated carbocycles. The molecule has 0 saturated heterocycles. The van der Waals surface area contributed by atoms with Crippen molar-refractivity contribution in [1.82, 2.24) is 5.32 Å². The summed E-state index contributed by atoms with van der Waals surface area (Å²) in [6.07, 6.45) is 0.628. The number of ether oxygens (including phenoxy) is 1. The zero-order valence-corrected chi connectivity index (χ0v) is 11.1. The van der Waals surface area contributed by atoms with Gasteiger partial charge in [0.05, 0.1) is 10.6 Å². The third-order valence-electron chi connectivity index (χ3n) is 2.28. The molecule has 1 aromatic rings. The zero-order valence-electron chi connectivity index (χ0n) is 10.3. The largest absolute Gasteiger partial charge is 0.492 e. The van der Waals surface area contributed by atoms with E-state index in [2.05, 4.69) is 5.32 Å². The van der Waals surface area contributed by atoms with Crippen LogP contribution in [0.15, 0.2) is 29.2 Å². The SMILES string of the molecule is CCCS(=O)(=O)c1ccc(OCCNC)cc1. The Labute approximate surface area is 103 Å². The molecule has 1 aromatic carbocycles. The summed E-state index contributed by atoms with van der Waals surface area (Å²) in [5.74, 6) is 0.878. The van der Waals surface area contributed by atoms with Gasteiger partial charge in [-0.25, -0.2) is 8.42 Å². The zero-order chi connectivity index (χ0) is 12.7. The van der Waals surface area contributed by atoms with Crippen molar-refractivity contribution in [3.8, 4) is 5.75 Å². The number of hydrogen-bond acceptors (Lipinski definition) is 4. The standard InChI is InChI=1S/C12H19NO3S/c1-3-10-17(14,15)12-6-4-11(5-7-12)16-9-8-13-2/h4-7,13H,3,8-10H2,1-2H3. The highest BCUT2D eigenvalue weighted by atomic mass is 32.2. The van der Waals surface area contributed by atoms with Gasteiger partial charge in [0.15, 0.2) is 9.84 Å². The third-order valence-corrected chi connectivity index (χ3v) is 4.21. The average molecular weight is 257 g/mol. The number of nitrogens with one attached hydrogen (secondary N) is 1. The van der Waals surface area contributed by atoms with Gasteiger partial charge in [0.25, 0.3) is 0 Å². The fourth-order valence-electron chi connectivity index (χ4n) is 1.40. The number of benzene rings is 1. The number of rotatable bonds is 7. The molecule has 1 rings (SSSR count). The third kappa shape index (κ3) is 4.36. The summed E-state index contributed by atoms with van der Waals surface area (Å²) in [6, 6.07) is 6.58. The van der Waals surface area contributed by atoms with Gasteiger partial charge in [-0.15, -0.1) is 0 Å². The smallest absolute Gasteiger partial charge is 0.178 e. The van der Waals surface area contributed by atoms with E-state index in [1.54, 1.807) is 24.3 Å². The fraction of sp³-hybridized carbons (Fsp3) is 0.500. The normalized spacial score (nSPS) is 11.4. The van der Waals surface area contributed by atoms with Gasteiger partial charge in [-0.1, -0.05) is 6.92 Å². The number of sulfone groups is 1. The average Bonchev–Trinajstić information content (AvgIpc) is 2.30. The predicted molar refractivity (Wildman–Crippen MR) is 68.2 cm³/mol. The maximum Gasteiger partial charge on any atom is 0.178 e. The van der Waals surface area contributed by atoms with Crippen LogP contribution in [0, 0.1) is 0 Å². The van der Waals surface area contributed by atoms with Crippen LogP contribution in [0.25, 0.3) is 0 Å². The molecule has 17 heavy (non-hydrogen) atoms. The summed E-state index contributed by atoms with van der Waals surface area (Å²) in [4.78, 5) is 0.361. The van der Waals surface area contributed by atoms with E-state index in [1.165, 1.54) is 0 Å². The first-order chi connectivity index (χ1) is 8.10. The Balaban J connectivity index is 2.68. The Bertz CT molecular complexity index is 426. The Morgan fingerprint density at radius 3 is 2.41 bits per heavy atom. The molecule has 0 unspecified atom stereocenters. The quantitative estimate of drug-likeness (QED) is 0.752. The van der Waals surface area contributed by atoms with Crippen LogP contribution in [-0.2, 0) is 9.84 Å². The minimum atomic E-state index is -3.12. The van der Waals surface area contributed by atoms with Crippen molar-refractivity contribution in [2.75, 3.05) is 26.0 Å². The molecule has 0 atom stereocenters. The fourth-order valence-corrected chi connectivity index (χ4v) is 2.72. The van der Waals surface area contributed by atoms with Gasteiger partial charge in [0.2, 0.25) is 0 Å². The predicted octanol–water partition coefficient (Wildman–Crippen LogP) is 1.47. The maximum atomic E-state index is 11.8. The highest BCUT2D eigenvalue weighted by Gasteiger charge is 2.12. The Morgan fingerprint density at radius 2 is 1.88 bits per heavy atom.